The maximum atomic E-state index is 11.9. The molecule has 0 radical (unpaired) electrons. The van der Waals surface area contributed by atoms with Gasteiger partial charge in [0.2, 0.25) is 0 Å². The van der Waals surface area contributed by atoms with Crippen molar-refractivity contribution in [2.75, 3.05) is 5.73 Å². The first kappa shape index (κ1) is 10.3. The highest BCUT2D eigenvalue weighted by Crippen LogP contribution is 1.95. The van der Waals surface area contributed by atoms with Gasteiger partial charge in [0.25, 0.3) is 0 Å². The van der Waals surface area contributed by atoms with E-state index in [0.29, 0.717) is 0 Å². The molecule has 0 spiro atoms. The van der Waals surface area contributed by atoms with E-state index in [9.17, 15) is 4.39 Å². The van der Waals surface area contributed by atoms with Crippen molar-refractivity contribution in [3.05, 3.63) is 66.5 Å². The summed E-state index contributed by atoms with van der Waals surface area (Å²) in [4.78, 5) is 0. The number of rotatable bonds is 0. The van der Waals surface area contributed by atoms with Crippen LogP contribution in [0.4, 0.5) is 10.1 Å². The van der Waals surface area contributed by atoms with E-state index in [0.717, 1.165) is 5.69 Å². The topological polar surface area (TPSA) is 26.0 Å². The van der Waals surface area contributed by atoms with Crippen molar-refractivity contribution in [2.24, 2.45) is 0 Å². The second-order valence-corrected chi connectivity index (χ2v) is 2.71. The molecule has 0 aromatic heterocycles. The molecular formula is C12H12FN. The lowest BCUT2D eigenvalue weighted by Gasteiger charge is -1.83. The van der Waals surface area contributed by atoms with Gasteiger partial charge in [-0.15, -0.1) is 0 Å². The van der Waals surface area contributed by atoms with E-state index in [-0.39, 0.29) is 5.82 Å². The Balaban J connectivity index is 0.000000140. The molecule has 1 nitrogen and oxygen atoms in total. The Morgan fingerprint density at radius 3 is 1.36 bits per heavy atom. The molecule has 0 heterocycles. The number of anilines is 1. The lowest BCUT2D eigenvalue weighted by Crippen LogP contribution is -1.79. The van der Waals surface area contributed by atoms with Crippen molar-refractivity contribution >= 4 is 5.69 Å². The van der Waals surface area contributed by atoms with Gasteiger partial charge in [0.1, 0.15) is 5.82 Å². The molecule has 72 valence electrons. The summed E-state index contributed by atoms with van der Waals surface area (Å²) in [7, 11) is 0. The molecule has 0 aliphatic heterocycles. The number of benzene rings is 2. The molecule has 0 bridgehead atoms. The highest BCUT2D eigenvalue weighted by atomic mass is 19.1. The van der Waals surface area contributed by atoms with Crippen molar-refractivity contribution in [2.45, 2.75) is 0 Å². The largest absolute Gasteiger partial charge is 0.399 e. The highest BCUT2D eigenvalue weighted by molar-refractivity contribution is 5.35. The minimum absolute atomic E-state index is 0.178. The fraction of sp³-hybridized carbons (Fsp3) is 0. The summed E-state index contributed by atoms with van der Waals surface area (Å²) in [6.07, 6.45) is 0. The van der Waals surface area contributed by atoms with E-state index in [1.54, 1.807) is 18.2 Å². The quantitative estimate of drug-likeness (QED) is 0.633. The minimum atomic E-state index is -0.178. The van der Waals surface area contributed by atoms with Crippen molar-refractivity contribution < 1.29 is 4.39 Å². The van der Waals surface area contributed by atoms with Crippen LogP contribution in [0, 0.1) is 5.82 Å². The monoisotopic (exact) mass is 189 g/mol. The molecule has 0 amide bonds. The molecule has 2 N–H and O–H groups in total. The number of nitrogens with two attached hydrogens (primary N) is 1. The molecule has 2 heteroatoms. The summed E-state index contributed by atoms with van der Waals surface area (Å²) in [6, 6.07) is 17.4. The second kappa shape index (κ2) is 5.75. The van der Waals surface area contributed by atoms with Gasteiger partial charge in [-0.2, -0.15) is 0 Å². The zero-order chi connectivity index (χ0) is 10.2. The van der Waals surface area contributed by atoms with Gasteiger partial charge in [-0.1, -0.05) is 36.4 Å². The predicted octanol–water partition coefficient (Wildman–Crippen LogP) is 3.09. The molecule has 2 rings (SSSR count). The molecule has 0 saturated heterocycles. The number of hydrogen-bond donors (Lipinski definition) is 1. The van der Waals surface area contributed by atoms with Gasteiger partial charge < -0.3 is 5.73 Å². The molecule has 14 heavy (non-hydrogen) atoms. The Morgan fingerprint density at radius 2 is 1.14 bits per heavy atom. The summed E-state index contributed by atoms with van der Waals surface area (Å²) < 4.78 is 11.9. The van der Waals surface area contributed by atoms with E-state index in [2.05, 4.69) is 0 Å². The van der Waals surface area contributed by atoms with Crippen LogP contribution in [0.1, 0.15) is 0 Å². The lowest BCUT2D eigenvalue weighted by atomic mass is 10.3. The smallest absolute Gasteiger partial charge is 0.123 e. The van der Waals surface area contributed by atoms with E-state index in [4.69, 9.17) is 5.73 Å². The first-order valence-electron chi connectivity index (χ1n) is 4.30. The van der Waals surface area contributed by atoms with Crippen LogP contribution in [0.15, 0.2) is 60.7 Å². The zero-order valence-corrected chi connectivity index (χ0v) is 7.73. The Bertz CT molecular complexity index is 308. The van der Waals surface area contributed by atoms with E-state index in [1.807, 2.05) is 30.3 Å². The Hall–Kier alpha value is -1.83. The van der Waals surface area contributed by atoms with Gasteiger partial charge >= 0.3 is 0 Å². The van der Waals surface area contributed by atoms with Crippen LogP contribution in [-0.4, -0.2) is 0 Å². The summed E-state index contributed by atoms with van der Waals surface area (Å²) in [5, 5.41) is 0. The van der Waals surface area contributed by atoms with Crippen LogP contribution < -0.4 is 5.73 Å². The Kier molecular flexibility index (Phi) is 4.21. The number of hydrogen-bond acceptors (Lipinski definition) is 1. The summed E-state index contributed by atoms with van der Waals surface area (Å²) in [5.41, 5.74) is 6.18. The summed E-state index contributed by atoms with van der Waals surface area (Å²) in [5.74, 6) is -0.178. The van der Waals surface area contributed by atoms with Crippen LogP contribution in [0.2, 0.25) is 0 Å². The third-order valence-electron chi connectivity index (χ3n) is 1.53. The highest BCUT2D eigenvalue weighted by Gasteiger charge is 1.77. The Labute approximate surface area is 83.0 Å². The Morgan fingerprint density at radius 1 is 0.714 bits per heavy atom. The number of para-hydroxylation sites is 1. The molecule has 0 atom stereocenters. The van der Waals surface area contributed by atoms with Gasteiger partial charge in [-0.25, -0.2) is 4.39 Å². The van der Waals surface area contributed by atoms with Crippen molar-refractivity contribution in [3.63, 3.8) is 0 Å². The maximum Gasteiger partial charge on any atom is 0.123 e. The summed E-state index contributed by atoms with van der Waals surface area (Å²) >= 11 is 0. The molecule has 0 aliphatic rings. The van der Waals surface area contributed by atoms with Crippen molar-refractivity contribution in [3.8, 4) is 0 Å². The normalized spacial score (nSPS) is 8.64. The first-order valence-corrected chi connectivity index (χ1v) is 4.30. The SMILES string of the molecule is Fc1ccccc1.Nc1ccccc1. The average molecular weight is 189 g/mol. The molecule has 2 aromatic rings. The third-order valence-corrected chi connectivity index (χ3v) is 1.53. The van der Waals surface area contributed by atoms with Gasteiger partial charge in [-0.05, 0) is 24.3 Å². The lowest BCUT2D eigenvalue weighted by molar-refractivity contribution is 0.628. The maximum absolute atomic E-state index is 11.9. The third kappa shape index (κ3) is 4.26. The molecule has 2 aromatic carbocycles. The fourth-order valence-electron chi connectivity index (χ4n) is 0.868. The molecule has 0 aliphatic carbocycles. The van der Waals surface area contributed by atoms with E-state index >= 15 is 0 Å². The van der Waals surface area contributed by atoms with Gasteiger partial charge in [-0.3, -0.25) is 0 Å². The van der Waals surface area contributed by atoms with Crippen molar-refractivity contribution in [1.82, 2.24) is 0 Å². The predicted molar refractivity (Wildman–Crippen MR) is 57.3 cm³/mol. The average Bonchev–Trinajstić information content (AvgIpc) is 2.21. The zero-order valence-electron chi connectivity index (χ0n) is 7.73. The van der Waals surface area contributed by atoms with Gasteiger partial charge in [0.15, 0.2) is 0 Å². The van der Waals surface area contributed by atoms with Crippen LogP contribution in [0.3, 0.4) is 0 Å². The summed E-state index contributed by atoms with van der Waals surface area (Å²) in [6.45, 7) is 0. The van der Waals surface area contributed by atoms with Gasteiger partial charge in [0, 0.05) is 5.69 Å². The van der Waals surface area contributed by atoms with Crippen LogP contribution >= 0.6 is 0 Å². The number of nitrogen functional groups attached to an aromatic ring is 1. The second-order valence-electron chi connectivity index (χ2n) is 2.71. The van der Waals surface area contributed by atoms with E-state index in [1.165, 1.54) is 12.1 Å². The van der Waals surface area contributed by atoms with Crippen LogP contribution in [0.5, 0.6) is 0 Å². The van der Waals surface area contributed by atoms with Crippen molar-refractivity contribution in [1.29, 1.82) is 0 Å². The molecule has 0 fully saturated rings. The first-order chi connectivity index (χ1) is 6.79. The molecular weight excluding hydrogens is 177 g/mol. The van der Waals surface area contributed by atoms with Crippen LogP contribution in [-0.2, 0) is 0 Å². The standard InChI is InChI=1S/C6H5F.C6H7N/c2*7-6-4-2-1-3-5-6/h1-5H;1-5H,7H2. The number of halogens is 1. The fourth-order valence-corrected chi connectivity index (χ4v) is 0.868. The van der Waals surface area contributed by atoms with Crippen LogP contribution in [0.25, 0.3) is 0 Å². The van der Waals surface area contributed by atoms with Gasteiger partial charge in [0.05, 0.1) is 0 Å². The van der Waals surface area contributed by atoms with E-state index < -0.39 is 0 Å². The molecule has 0 saturated carbocycles. The minimum Gasteiger partial charge on any atom is -0.399 e. The molecule has 0 unspecified atom stereocenters.